The Kier molecular flexibility index (Phi) is 3.38. The van der Waals surface area contributed by atoms with Crippen LogP contribution in [0.1, 0.15) is 11.1 Å². The van der Waals surface area contributed by atoms with Crippen LogP contribution in [0.4, 0.5) is 13.2 Å². The van der Waals surface area contributed by atoms with Gasteiger partial charge >= 0.3 is 12.1 Å². The highest BCUT2D eigenvalue weighted by Gasteiger charge is 2.42. The maximum absolute atomic E-state index is 12.5. The zero-order valence-corrected chi connectivity index (χ0v) is 11.4. The number of carbonyl (C=O) groups excluding carboxylic acids is 1. The monoisotopic (exact) mass is 311 g/mol. The molecule has 1 aromatic heterocycles. The number of H-pyrrole nitrogens is 1. The standard InChI is InChI=1S/C14H12F3N3O2/c15-14(16,17)13(22)20-3-1-8-5-10-11(6-9(8)2-4-20)19-12(21)7-18-10/h5-7H,1-4H2,(H,19,21). The van der Waals surface area contributed by atoms with E-state index in [-0.39, 0.29) is 18.6 Å². The van der Waals surface area contributed by atoms with E-state index in [1.54, 1.807) is 12.1 Å². The van der Waals surface area contributed by atoms with Crippen LogP contribution in [0.15, 0.2) is 23.1 Å². The minimum absolute atomic E-state index is 0.00133. The summed E-state index contributed by atoms with van der Waals surface area (Å²) in [6.07, 6.45) is -3.06. The molecule has 1 aromatic carbocycles. The molecule has 2 heterocycles. The van der Waals surface area contributed by atoms with Crippen molar-refractivity contribution in [3.63, 3.8) is 0 Å². The SMILES string of the molecule is O=C(N1CCc2cc3ncc(=O)[nH]c3cc2CC1)C(F)(F)F. The molecule has 1 amide bonds. The van der Waals surface area contributed by atoms with Crippen LogP contribution in [0.3, 0.4) is 0 Å². The second kappa shape index (κ2) is 5.11. The number of aromatic amines is 1. The van der Waals surface area contributed by atoms with Gasteiger partial charge < -0.3 is 9.88 Å². The van der Waals surface area contributed by atoms with Gasteiger partial charge in [-0.3, -0.25) is 9.59 Å². The van der Waals surface area contributed by atoms with Gasteiger partial charge in [0.05, 0.1) is 17.2 Å². The molecule has 1 aliphatic rings. The molecule has 0 atom stereocenters. The lowest BCUT2D eigenvalue weighted by atomic mass is 10.0. The lowest BCUT2D eigenvalue weighted by Crippen LogP contribution is -2.42. The first-order valence-electron chi connectivity index (χ1n) is 6.71. The Balaban J connectivity index is 1.92. The second-order valence-corrected chi connectivity index (χ2v) is 5.18. The number of aromatic nitrogens is 2. The maximum atomic E-state index is 12.5. The predicted octanol–water partition coefficient (Wildman–Crippen LogP) is 1.41. The number of rotatable bonds is 0. The zero-order valence-electron chi connectivity index (χ0n) is 11.4. The van der Waals surface area contributed by atoms with E-state index in [1.165, 1.54) is 0 Å². The molecule has 2 aromatic rings. The average Bonchev–Trinajstić information content (AvgIpc) is 2.65. The van der Waals surface area contributed by atoms with Gasteiger partial charge in [0.15, 0.2) is 0 Å². The molecular formula is C14H12F3N3O2. The minimum atomic E-state index is -4.85. The van der Waals surface area contributed by atoms with Crippen molar-refractivity contribution < 1.29 is 18.0 Å². The van der Waals surface area contributed by atoms with Gasteiger partial charge in [-0.2, -0.15) is 13.2 Å². The number of alkyl halides is 3. The smallest absolute Gasteiger partial charge is 0.334 e. The Morgan fingerprint density at radius 1 is 1.18 bits per heavy atom. The van der Waals surface area contributed by atoms with E-state index >= 15 is 0 Å². The van der Waals surface area contributed by atoms with Gasteiger partial charge in [-0.25, -0.2) is 4.98 Å². The number of nitrogens with one attached hydrogen (secondary N) is 1. The Morgan fingerprint density at radius 3 is 2.45 bits per heavy atom. The molecule has 0 unspecified atom stereocenters. The van der Waals surface area contributed by atoms with Crippen LogP contribution < -0.4 is 5.56 Å². The normalized spacial score (nSPS) is 15.5. The predicted molar refractivity (Wildman–Crippen MR) is 72.4 cm³/mol. The third-order valence-electron chi connectivity index (χ3n) is 3.73. The third-order valence-corrected chi connectivity index (χ3v) is 3.73. The van der Waals surface area contributed by atoms with E-state index in [2.05, 4.69) is 9.97 Å². The van der Waals surface area contributed by atoms with Crippen molar-refractivity contribution in [2.24, 2.45) is 0 Å². The summed E-state index contributed by atoms with van der Waals surface area (Å²) in [5.74, 6) is -1.81. The number of halogens is 3. The molecule has 0 saturated carbocycles. The lowest BCUT2D eigenvalue weighted by molar-refractivity contribution is -0.185. The Bertz CT molecular complexity index is 798. The topological polar surface area (TPSA) is 66.1 Å². The minimum Gasteiger partial charge on any atom is -0.334 e. The highest BCUT2D eigenvalue weighted by molar-refractivity contribution is 5.82. The van der Waals surface area contributed by atoms with Crippen LogP contribution in [0.5, 0.6) is 0 Å². The van der Waals surface area contributed by atoms with Crippen molar-refractivity contribution in [3.8, 4) is 0 Å². The molecule has 3 rings (SSSR count). The molecule has 0 bridgehead atoms. The Morgan fingerprint density at radius 2 is 1.82 bits per heavy atom. The van der Waals surface area contributed by atoms with Crippen molar-refractivity contribution >= 4 is 16.9 Å². The fourth-order valence-electron chi connectivity index (χ4n) is 2.65. The van der Waals surface area contributed by atoms with Gasteiger partial charge in [0.2, 0.25) is 0 Å². The van der Waals surface area contributed by atoms with Gasteiger partial charge in [-0.05, 0) is 36.1 Å². The van der Waals surface area contributed by atoms with Gasteiger partial charge in [0, 0.05) is 13.1 Å². The number of fused-ring (bicyclic) bond motifs is 2. The van der Waals surface area contributed by atoms with Gasteiger partial charge in [0.1, 0.15) is 0 Å². The van der Waals surface area contributed by atoms with Gasteiger partial charge in [0.25, 0.3) is 5.56 Å². The van der Waals surface area contributed by atoms with Crippen LogP contribution in [0.25, 0.3) is 11.0 Å². The number of benzene rings is 1. The second-order valence-electron chi connectivity index (χ2n) is 5.18. The van der Waals surface area contributed by atoms with E-state index in [9.17, 15) is 22.8 Å². The number of amides is 1. The molecule has 22 heavy (non-hydrogen) atoms. The average molecular weight is 311 g/mol. The van der Waals surface area contributed by atoms with Crippen molar-refractivity contribution in [3.05, 3.63) is 39.8 Å². The van der Waals surface area contributed by atoms with Crippen LogP contribution in [-0.4, -0.2) is 40.0 Å². The molecular weight excluding hydrogens is 299 g/mol. The summed E-state index contributed by atoms with van der Waals surface area (Å²) in [6.45, 7) is 0.0154. The number of hydrogen-bond acceptors (Lipinski definition) is 3. The van der Waals surface area contributed by atoms with Crippen molar-refractivity contribution in [1.82, 2.24) is 14.9 Å². The quantitative estimate of drug-likeness (QED) is 0.800. The summed E-state index contributed by atoms with van der Waals surface area (Å²) < 4.78 is 37.6. The first kappa shape index (κ1) is 14.6. The van der Waals surface area contributed by atoms with E-state index < -0.39 is 12.1 Å². The van der Waals surface area contributed by atoms with Crippen molar-refractivity contribution in [2.45, 2.75) is 19.0 Å². The van der Waals surface area contributed by atoms with Crippen LogP contribution in [0, 0.1) is 0 Å². The number of carbonyl (C=O) groups is 1. The fraction of sp³-hybridized carbons (Fsp3) is 0.357. The van der Waals surface area contributed by atoms with Crippen LogP contribution in [-0.2, 0) is 17.6 Å². The summed E-state index contributed by atoms with van der Waals surface area (Å²) >= 11 is 0. The first-order valence-corrected chi connectivity index (χ1v) is 6.71. The number of nitrogens with zero attached hydrogens (tertiary/aromatic N) is 2. The van der Waals surface area contributed by atoms with Crippen LogP contribution in [0.2, 0.25) is 0 Å². The molecule has 116 valence electrons. The van der Waals surface area contributed by atoms with E-state index in [4.69, 9.17) is 0 Å². The summed E-state index contributed by atoms with van der Waals surface area (Å²) in [4.78, 5) is 30.1. The van der Waals surface area contributed by atoms with E-state index in [1.807, 2.05) is 0 Å². The molecule has 8 heteroatoms. The molecule has 1 N–H and O–H groups in total. The molecule has 0 spiro atoms. The lowest BCUT2D eigenvalue weighted by Gasteiger charge is -2.21. The fourth-order valence-corrected chi connectivity index (χ4v) is 2.65. The van der Waals surface area contributed by atoms with E-state index in [0.29, 0.717) is 23.9 Å². The van der Waals surface area contributed by atoms with Crippen molar-refractivity contribution in [2.75, 3.05) is 13.1 Å². The largest absolute Gasteiger partial charge is 0.471 e. The molecule has 0 radical (unpaired) electrons. The van der Waals surface area contributed by atoms with Gasteiger partial charge in [-0.1, -0.05) is 0 Å². The third kappa shape index (κ3) is 2.68. The van der Waals surface area contributed by atoms with Gasteiger partial charge in [-0.15, -0.1) is 0 Å². The Labute approximate surface area is 122 Å². The molecule has 0 fully saturated rings. The Hall–Kier alpha value is -2.38. The molecule has 0 saturated heterocycles. The highest BCUT2D eigenvalue weighted by Crippen LogP contribution is 2.24. The molecule has 1 aliphatic heterocycles. The summed E-state index contributed by atoms with van der Waals surface area (Å²) in [6, 6.07) is 3.48. The first-order chi connectivity index (χ1) is 10.3. The summed E-state index contributed by atoms with van der Waals surface area (Å²) in [7, 11) is 0. The van der Waals surface area contributed by atoms with Crippen LogP contribution >= 0.6 is 0 Å². The zero-order chi connectivity index (χ0) is 15.9. The van der Waals surface area contributed by atoms with E-state index in [0.717, 1.165) is 22.2 Å². The summed E-state index contributed by atoms with van der Waals surface area (Å²) in [5, 5.41) is 0. The number of hydrogen-bond donors (Lipinski definition) is 1. The van der Waals surface area contributed by atoms with Crippen molar-refractivity contribution in [1.29, 1.82) is 0 Å². The maximum Gasteiger partial charge on any atom is 0.471 e. The summed E-state index contributed by atoms with van der Waals surface area (Å²) in [5.41, 5.74) is 2.46. The molecule has 0 aliphatic carbocycles. The highest BCUT2D eigenvalue weighted by atomic mass is 19.4. The molecule has 5 nitrogen and oxygen atoms in total.